The zero-order valence-corrected chi connectivity index (χ0v) is 19.6. The second kappa shape index (κ2) is 12.2. The van der Waals surface area contributed by atoms with E-state index in [1.165, 1.54) is 0 Å². The molecule has 1 atom stereocenters. The monoisotopic (exact) mass is 458 g/mol. The SMILES string of the molecule is CCC(C(=O)NC1CCCC1)N(Cc1ccccc1)C(=O)CSCc1ccc(Cl)cc1. The maximum absolute atomic E-state index is 13.2. The van der Waals surface area contributed by atoms with Crippen LogP contribution in [0.5, 0.6) is 0 Å². The Morgan fingerprint density at radius 1 is 1.06 bits per heavy atom. The Labute approximate surface area is 194 Å². The Hall–Kier alpha value is -1.98. The highest BCUT2D eigenvalue weighted by Gasteiger charge is 2.30. The summed E-state index contributed by atoms with van der Waals surface area (Å²) in [5.41, 5.74) is 2.16. The third-order valence-corrected chi connectivity index (χ3v) is 6.93. The van der Waals surface area contributed by atoms with Crippen molar-refractivity contribution in [2.45, 2.75) is 63.4 Å². The number of benzene rings is 2. The van der Waals surface area contributed by atoms with Gasteiger partial charge in [-0.3, -0.25) is 9.59 Å². The van der Waals surface area contributed by atoms with E-state index in [0.29, 0.717) is 23.7 Å². The molecule has 1 aliphatic rings. The van der Waals surface area contributed by atoms with E-state index in [1.807, 2.05) is 61.5 Å². The molecule has 166 valence electrons. The second-order valence-corrected chi connectivity index (χ2v) is 9.46. The van der Waals surface area contributed by atoms with Gasteiger partial charge in [0.2, 0.25) is 11.8 Å². The first kappa shape index (κ1) is 23.7. The number of nitrogens with one attached hydrogen (secondary N) is 1. The van der Waals surface area contributed by atoms with Crippen LogP contribution in [0.15, 0.2) is 54.6 Å². The van der Waals surface area contributed by atoms with Gasteiger partial charge in [0.05, 0.1) is 5.75 Å². The number of thioether (sulfide) groups is 1. The minimum Gasteiger partial charge on any atom is -0.352 e. The molecule has 6 heteroatoms. The van der Waals surface area contributed by atoms with Gasteiger partial charge in [0.1, 0.15) is 6.04 Å². The molecule has 2 aromatic carbocycles. The lowest BCUT2D eigenvalue weighted by atomic mass is 10.1. The van der Waals surface area contributed by atoms with E-state index in [-0.39, 0.29) is 17.9 Å². The highest BCUT2D eigenvalue weighted by Crippen LogP contribution is 2.21. The Balaban J connectivity index is 1.66. The van der Waals surface area contributed by atoms with Gasteiger partial charge in [-0.2, -0.15) is 0 Å². The Morgan fingerprint density at radius 2 is 1.74 bits per heavy atom. The third-order valence-electron chi connectivity index (χ3n) is 5.69. The fourth-order valence-corrected chi connectivity index (χ4v) is 4.98. The van der Waals surface area contributed by atoms with Crippen LogP contribution in [0.1, 0.15) is 50.2 Å². The van der Waals surface area contributed by atoms with Gasteiger partial charge >= 0.3 is 0 Å². The van der Waals surface area contributed by atoms with Crippen LogP contribution in [-0.2, 0) is 21.9 Å². The number of hydrogen-bond acceptors (Lipinski definition) is 3. The van der Waals surface area contributed by atoms with E-state index in [9.17, 15) is 9.59 Å². The van der Waals surface area contributed by atoms with Crippen molar-refractivity contribution in [2.24, 2.45) is 0 Å². The molecule has 0 spiro atoms. The number of nitrogens with zero attached hydrogens (tertiary/aromatic N) is 1. The average molecular weight is 459 g/mol. The topological polar surface area (TPSA) is 49.4 Å². The van der Waals surface area contributed by atoms with Gasteiger partial charge in [0.25, 0.3) is 0 Å². The molecule has 0 bridgehead atoms. The first-order valence-corrected chi connectivity index (χ1v) is 12.6. The fourth-order valence-electron chi connectivity index (χ4n) is 3.99. The summed E-state index contributed by atoms with van der Waals surface area (Å²) in [7, 11) is 0. The van der Waals surface area contributed by atoms with Crippen LogP contribution >= 0.6 is 23.4 Å². The summed E-state index contributed by atoms with van der Waals surface area (Å²) in [6.45, 7) is 2.42. The molecule has 1 aliphatic carbocycles. The minimum absolute atomic E-state index is 0.00348. The zero-order chi connectivity index (χ0) is 22.1. The van der Waals surface area contributed by atoms with Crippen LogP contribution in [-0.4, -0.2) is 34.6 Å². The molecule has 3 rings (SSSR count). The lowest BCUT2D eigenvalue weighted by molar-refractivity contribution is -0.139. The van der Waals surface area contributed by atoms with E-state index >= 15 is 0 Å². The highest BCUT2D eigenvalue weighted by atomic mass is 35.5. The molecule has 0 heterocycles. The Kier molecular flexibility index (Phi) is 9.29. The second-order valence-electron chi connectivity index (χ2n) is 8.04. The van der Waals surface area contributed by atoms with Crippen molar-refractivity contribution in [3.05, 3.63) is 70.7 Å². The number of rotatable bonds is 10. The van der Waals surface area contributed by atoms with E-state index in [1.54, 1.807) is 16.7 Å². The first-order valence-electron chi connectivity index (χ1n) is 11.0. The van der Waals surface area contributed by atoms with Gasteiger partial charge in [-0.1, -0.05) is 73.8 Å². The maximum atomic E-state index is 13.2. The van der Waals surface area contributed by atoms with Crippen LogP contribution < -0.4 is 5.32 Å². The number of halogens is 1. The zero-order valence-electron chi connectivity index (χ0n) is 18.1. The molecule has 31 heavy (non-hydrogen) atoms. The molecule has 4 nitrogen and oxygen atoms in total. The molecule has 0 aromatic heterocycles. The summed E-state index contributed by atoms with van der Waals surface area (Å²) in [4.78, 5) is 28.1. The van der Waals surface area contributed by atoms with E-state index in [4.69, 9.17) is 11.6 Å². The fraction of sp³-hybridized carbons (Fsp3) is 0.440. The molecular weight excluding hydrogens is 428 g/mol. The summed E-state index contributed by atoms with van der Waals surface area (Å²) in [5, 5.41) is 3.89. The molecule has 1 fully saturated rings. The molecule has 0 saturated heterocycles. The molecule has 0 radical (unpaired) electrons. The summed E-state index contributed by atoms with van der Waals surface area (Å²) < 4.78 is 0. The molecule has 0 aliphatic heterocycles. The molecular formula is C25H31ClN2O2S. The van der Waals surface area contributed by atoms with Gasteiger partial charge in [-0.05, 0) is 42.5 Å². The average Bonchev–Trinajstić information content (AvgIpc) is 3.28. The summed E-state index contributed by atoms with van der Waals surface area (Å²) in [6, 6.07) is 17.4. The number of hydrogen-bond donors (Lipinski definition) is 1. The molecule has 1 unspecified atom stereocenters. The molecule has 1 N–H and O–H groups in total. The smallest absolute Gasteiger partial charge is 0.243 e. The normalized spacial score (nSPS) is 14.9. The molecule has 2 aromatic rings. The van der Waals surface area contributed by atoms with Crippen LogP contribution in [0, 0.1) is 0 Å². The van der Waals surface area contributed by atoms with Crippen LogP contribution in [0.25, 0.3) is 0 Å². The molecule has 2 amide bonds. The predicted octanol–water partition coefficient (Wildman–Crippen LogP) is 5.44. The highest BCUT2D eigenvalue weighted by molar-refractivity contribution is 7.99. The van der Waals surface area contributed by atoms with Crippen LogP contribution in [0.2, 0.25) is 5.02 Å². The van der Waals surface area contributed by atoms with Gasteiger partial charge in [0.15, 0.2) is 0 Å². The van der Waals surface area contributed by atoms with Gasteiger partial charge < -0.3 is 10.2 Å². The van der Waals surface area contributed by atoms with E-state index < -0.39 is 6.04 Å². The van der Waals surface area contributed by atoms with Gasteiger partial charge in [0, 0.05) is 23.4 Å². The van der Waals surface area contributed by atoms with Gasteiger partial charge in [-0.15, -0.1) is 11.8 Å². The van der Waals surface area contributed by atoms with Crippen molar-refractivity contribution in [2.75, 3.05) is 5.75 Å². The minimum atomic E-state index is -0.454. The summed E-state index contributed by atoms with van der Waals surface area (Å²) >= 11 is 7.52. The lowest BCUT2D eigenvalue weighted by Gasteiger charge is -2.31. The van der Waals surface area contributed by atoms with Crippen molar-refractivity contribution >= 4 is 35.2 Å². The van der Waals surface area contributed by atoms with Crippen molar-refractivity contribution in [3.8, 4) is 0 Å². The summed E-state index contributed by atoms with van der Waals surface area (Å²) in [6.07, 6.45) is 4.99. The third kappa shape index (κ3) is 7.29. The van der Waals surface area contributed by atoms with Crippen molar-refractivity contribution in [3.63, 3.8) is 0 Å². The quantitative estimate of drug-likeness (QED) is 0.515. The number of carbonyl (C=O) groups excluding carboxylic acids is 2. The largest absolute Gasteiger partial charge is 0.352 e. The Morgan fingerprint density at radius 3 is 2.39 bits per heavy atom. The summed E-state index contributed by atoms with van der Waals surface area (Å²) in [5.74, 6) is 1.04. The standard InChI is InChI=1S/C25H31ClN2O2S/c1-2-23(25(30)27-22-10-6-7-11-22)28(16-19-8-4-3-5-9-19)24(29)18-31-17-20-12-14-21(26)15-13-20/h3-5,8-9,12-15,22-23H,2,6-7,10-11,16-18H2,1H3,(H,27,30). The van der Waals surface area contributed by atoms with Crippen LogP contribution in [0.4, 0.5) is 0 Å². The number of amides is 2. The van der Waals surface area contributed by atoms with E-state index in [0.717, 1.165) is 42.6 Å². The number of carbonyl (C=O) groups is 2. The Bertz CT molecular complexity index is 838. The van der Waals surface area contributed by atoms with Crippen LogP contribution in [0.3, 0.4) is 0 Å². The van der Waals surface area contributed by atoms with Crippen molar-refractivity contribution < 1.29 is 9.59 Å². The van der Waals surface area contributed by atoms with Crippen molar-refractivity contribution in [1.29, 1.82) is 0 Å². The molecule has 1 saturated carbocycles. The van der Waals surface area contributed by atoms with Crippen molar-refractivity contribution in [1.82, 2.24) is 10.2 Å². The lowest BCUT2D eigenvalue weighted by Crippen LogP contribution is -2.51. The van der Waals surface area contributed by atoms with Gasteiger partial charge in [-0.25, -0.2) is 0 Å². The predicted molar refractivity (Wildman–Crippen MR) is 129 cm³/mol. The first-order chi connectivity index (χ1) is 15.1. The van der Waals surface area contributed by atoms with E-state index in [2.05, 4.69) is 5.32 Å². The maximum Gasteiger partial charge on any atom is 0.243 e.